The van der Waals surface area contributed by atoms with E-state index in [1.165, 1.54) is 13.5 Å². The van der Waals surface area contributed by atoms with Gasteiger partial charge in [0, 0.05) is 5.54 Å². The fraction of sp³-hybridized carbons (Fsp3) is 0.900. The zero-order valence-electron chi connectivity index (χ0n) is 8.51. The molecule has 3 heteroatoms. The van der Waals surface area contributed by atoms with Gasteiger partial charge in [-0.1, -0.05) is 13.3 Å². The summed E-state index contributed by atoms with van der Waals surface area (Å²) in [5, 5.41) is 0. The van der Waals surface area contributed by atoms with Gasteiger partial charge in [-0.2, -0.15) is 0 Å². The van der Waals surface area contributed by atoms with Gasteiger partial charge in [0.2, 0.25) is 0 Å². The third kappa shape index (κ3) is 2.69. The molecule has 76 valence electrons. The lowest BCUT2D eigenvalue weighted by atomic mass is 9.93. The Kier molecular flexibility index (Phi) is 3.31. The van der Waals surface area contributed by atoms with Crippen molar-refractivity contribution in [3.8, 4) is 0 Å². The number of ether oxygens (including phenoxy) is 1. The standard InChI is InChI=1S/C10H19NO2/c1-3-8-4-5-10(11,6-8)7-9(12)13-2/h8H,3-7,11H2,1-2H3. The normalized spacial score (nSPS) is 33.3. The van der Waals surface area contributed by atoms with Crippen LogP contribution in [0.25, 0.3) is 0 Å². The van der Waals surface area contributed by atoms with E-state index in [-0.39, 0.29) is 11.5 Å². The first kappa shape index (κ1) is 10.5. The van der Waals surface area contributed by atoms with E-state index in [1.807, 2.05) is 0 Å². The van der Waals surface area contributed by atoms with Gasteiger partial charge < -0.3 is 10.5 Å². The zero-order valence-corrected chi connectivity index (χ0v) is 8.51. The number of rotatable bonds is 3. The minimum absolute atomic E-state index is 0.181. The number of esters is 1. The fourth-order valence-corrected chi connectivity index (χ4v) is 2.14. The van der Waals surface area contributed by atoms with Gasteiger partial charge in [-0.3, -0.25) is 4.79 Å². The van der Waals surface area contributed by atoms with E-state index in [0.29, 0.717) is 12.3 Å². The van der Waals surface area contributed by atoms with E-state index in [2.05, 4.69) is 11.7 Å². The minimum Gasteiger partial charge on any atom is -0.469 e. The molecule has 1 aliphatic carbocycles. The van der Waals surface area contributed by atoms with Crippen LogP contribution < -0.4 is 5.73 Å². The number of carbonyl (C=O) groups excluding carboxylic acids is 1. The molecule has 0 aromatic carbocycles. The zero-order chi connectivity index (χ0) is 9.90. The van der Waals surface area contributed by atoms with E-state index in [1.54, 1.807) is 0 Å². The Morgan fingerprint density at radius 2 is 2.38 bits per heavy atom. The molecule has 0 aliphatic heterocycles. The average Bonchev–Trinajstić information content (AvgIpc) is 2.47. The molecule has 13 heavy (non-hydrogen) atoms. The maximum Gasteiger partial charge on any atom is 0.307 e. The van der Waals surface area contributed by atoms with Crippen LogP contribution in [0.4, 0.5) is 0 Å². The lowest BCUT2D eigenvalue weighted by molar-refractivity contribution is -0.142. The molecule has 2 N–H and O–H groups in total. The Morgan fingerprint density at radius 3 is 2.85 bits per heavy atom. The van der Waals surface area contributed by atoms with E-state index in [9.17, 15) is 4.79 Å². The van der Waals surface area contributed by atoms with Crippen LogP contribution in [0.2, 0.25) is 0 Å². The highest BCUT2D eigenvalue weighted by Gasteiger charge is 2.36. The van der Waals surface area contributed by atoms with E-state index in [4.69, 9.17) is 5.73 Å². The number of hydrogen-bond acceptors (Lipinski definition) is 3. The van der Waals surface area contributed by atoms with Crippen LogP contribution in [-0.2, 0) is 9.53 Å². The quantitative estimate of drug-likeness (QED) is 0.677. The molecule has 0 radical (unpaired) electrons. The predicted octanol–water partition coefficient (Wildman–Crippen LogP) is 1.46. The Bertz CT molecular complexity index is 193. The smallest absolute Gasteiger partial charge is 0.307 e. The Labute approximate surface area is 79.6 Å². The minimum atomic E-state index is -0.284. The van der Waals surface area contributed by atoms with Crippen LogP contribution >= 0.6 is 0 Å². The molecule has 0 heterocycles. The molecule has 0 spiro atoms. The first-order valence-corrected chi connectivity index (χ1v) is 4.95. The van der Waals surface area contributed by atoms with Gasteiger partial charge in [-0.25, -0.2) is 0 Å². The lowest BCUT2D eigenvalue weighted by Gasteiger charge is -2.22. The molecule has 0 amide bonds. The van der Waals surface area contributed by atoms with Crippen molar-refractivity contribution >= 4 is 5.97 Å². The van der Waals surface area contributed by atoms with Crippen LogP contribution in [0.3, 0.4) is 0 Å². The van der Waals surface area contributed by atoms with E-state index < -0.39 is 0 Å². The molecule has 0 saturated heterocycles. The molecule has 1 rings (SSSR count). The summed E-state index contributed by atoms with van der Waals surface area (Å²) in [6.45, 7) is 2.18. The number of carbonyl (C=O) groups is 1. The summed E-state index contributed by atoms with van der Waals surface area (Å²) in [5.41, 5.74) is 5.82. The summed E-state index contributed by atoms with van der Waals surface area (Å²) in [6, 6.07) is 0. The topological polar surface area (TPSA) is 52.3 Å². The van der Waals surface area contributed by atoms with Crippen molar-refractivity contribution < 1.29 is 9.53 Å². The van der Waals surface area contributed by atoms with Crippen LogP contribution in [0, 0.1) is 5.92 Å². The van der Waals surface area contributed by atoms with Crippen LogP contribution in [0.15, 0.2) is 0 Å². The van der Waals surface area contributed by atoms with Gasteiger partial charge in [0.05, 0.1) is 13.5 Å². The van der Waals surface area contributed by atoms with Gasteiger partial charge in [-0.15, -0.1) is 0 Å². The third-order valence-corrected chi connectivity index (χ3v) is 3.05. The molecule has 1 saturated carbocycles. The maximum atomic E-state index is 11.1. The van der Waals surface area contributed by atoms with Crippen LogP contribution in [0.1, 0.15) is 39.0 Å². The van der Waals surface area contributed by atoms with Crippen molar-refractivity contribution in [1.29, 1.82) is 0 Å². The predicted molar refractivity (Wildman–Crippen MR) is 51.2 cm³/mol. The summed E-state index contributed by atoms with van der Waals surface area (Å²) < 4.78 is 4.63. The van der Waals surface area contributed by atoms with Gasteiger partial charge >= 0.3 is 5.97 Å². The van der Waals surface area contributed by atoms with Gasteiger partial charge in [0.25, 0.3) is 0 Å². The monoisotopic (exact) mass is 185 g/mol. The van der Waals surface area contributed by atoms with Crippen LogP contribution in [0.5, 0.6) is 0 Å². The molecule has 1 aliphatic rings. The third-order valence-electron chi connectivity index (χ3n) is 3.05. The summed E-state index contributed by atoms with van der Waals surface area (Å²) in [5.74, 6) is 0.522. The van der Waals surface area contributed by atoms with Crippen LogP contribution in [-0.4, -0.2) is 18.6 Å². The molecule has 2 atom stereocenters. The van der Waals surface area contributed by atoms with Crippen molar-refractivity contribution in [3.63, 3.8) is 0 Å². The summed E-state index contributed by atoms with van der Waals surface area (Å²) in [7, 11) is 1.41. The SMILES string of the molecule is CCC1CCC(N)(CC(=O)OC)C1. The summed E-state index contributed by atoms with van der Waals surface area (Å²) in [4.78, 5) is 11.1. The number of hydrogen-bond donors (Lipinski definition) is 1. The molecular formula is C10H19NO2. The van der Waals surface area contributed by atoms with E-state index in [0.717, 1.165) is 19.3 Å². The van der Waals surface area contributed by atoms with Gasteiger partial charge in [-0.05, 0) is 25.2 Å². The molecular weight excluding hydrogens is 166 g/mol. The van der Waals surface area contributed by atoms with Gasteiger partial charge in [0.15, 0.2) is 0 Å². The summed E-state index contributed by atoms with van der Waals surface area (Å²) in [6.07, 6.45) is 4.63. The first-order valence-electron chi connectivity index (χ1n) is 4.95. The van der Waals surface area contributed by atoms with Gasteiger partial charge in [0.1, 0.15) is 0 Å². The Hall–Kier alpha value is -0.570. The van der Waals surface area contributed by atoms with Crippen molar-refractivity contribution in [3.05, 3.63) is 0 Å². The van der Waals surface area contributed by atoms with E-state index >= 15 is 0 Å². The van der Waals surface area contributed by atoms with Crippen molar-refractivity contribution in [2.24, 2.45) is 11.7 Å². The second-order valence-electron chi connectivity index (χ2n) is 4.13. The molecule has 3 nitrogen and oxygen atoms in total. The Morgan fingerprint density at radius 1 is 1.69 bits per heavy atom. The molecule has 0 aromatic rings. The number of methoxy groups -OCH3 is 1. The van der Waals surface area contributed by atoms with Crippen molar-refractivity contribution in [2.75, 3.05) is 7.11 Å². The highest BCUT2D eigenvalue weighted by molar-refractivity contribution is 5.70. The highest BCUT2D eigenvalue weighted by Crippen LogP contribution is 2.36. The second-order valence-corrected chi connectivity index (χ2v) is 4.13. The summed E-state index contributed by atoms with van der Waals surface area (Å²) >= 11 is 0. The molecule has 1 fully saturated rings. The molecule has 0 aromatic heterocycles. The molecule has 0 bridgehead atoms. The fourth-order valence-electron chi connectivity index (χ4n) is 2.14. The number of nitrogens with two attached hydrogens (primary N) is 1. The Balaban J connectivity index is 2.44. The van der Waals surface area contributed by atoms with Crippen molar-refractivity contribution in [2.45, 2.75) is 44.6 Å². The lowest BCUT2D eigenvalue weighted by Crippen LogP contribution is -2.39. The second kappa shape index (κ2) is 4.09. The first-order chi connectivity index (χ1) is 6.09. The highest BCUT2D eigenvalue weighted by atomic mass is 16.5. The van der Waals surface area contributed by atoms with Crippen molar-refractivity contribution in [1.82, 2.24) is 0 Å². The largest absolute Gasteiger partial charge is 0.469 e. The average molecular weight is 185 g/mol. The molecule has 2 unspecified atom stereocenters. The maximum absolute atomic E-state index is 11.1.